The van der Waals surface area contributed by atoms with Crippen LogP contribution in [0.3, 0.4) is 0 Å². The molecule has 2 heterocycles. The Labute approximate surface area is 75.1 Å². The molecule has 0 radical (unpaired) electrons. The minimum atomic E-state index is 0.222. The van der Waals surface area contributed by atoms with Crippen LogP contribution in [0.1, 0.15) is 0 Å². The van der Waals surface area contributed by atoms with E-state index in [1.165, 1.54) is 0 Å². The molecule has 2 aromatic rings. The third kappa shape index (κ3) is 1.10. The molecule has 0 aromatic carbocycles. The monoisotopic (exact) mass is 232 g/mol. The third-order valence-electron chi connectivity index (χ3n) is 1.23. The molecule has 0 aliphatic rings. The Balaban J connectivity index is 2.87. The molecule has 0 unspecified atom stereocenters. The molecule has 4 nitrogen and oxygen atoms in total. The van der Waals surface area contributed by atoms with Crippen LogP contribution in [-0.2, 0) is 0 Å². The molecule has 0 fully saturated rings. The van der Waals surface area contributed by atoms with Crippen molar-refractivity contribution in [1.29, 1.82) is 0 Å². The first-order valence-electron chi connectivity index (χ1n) is 2.79. The summed E-state index contributed by atoms with van der Waals surface area (Å²) in [5.74, 6) is 0. The minimum Gasteiger partial charge on any atom is -0.273 e. The number of nitrogens with one attached hydrogen (secondary N) is 1. The topological polar surface area (TPSA) is 54.5 Å². The molecule has 0 aliphatic heterocycles. The van der Waals surface area contributed by atoms with Crippen molar-refractivity contribution >= 4 is 38.6 Å². The van der Waals surface area contributed by atoms with Crippen LogP contribution in [-0.4, -0.2) is 20.2 Å². The minimum absolute atomic E-state index is 0.222. The lowest BCUT2D eigenvalue weighted by Gasteiger charge is -1.87. The van der Waals surface area contributed by atoms with Crippen LogP contribution in [0.5, 0.6) is 0 Å². The lowest BCUT2D eigenvalue weighted by molar-refractivity contribution is 1.09. The zero-order valence-corrected chi connectivity index (χ0v) is 7.52. The zero-order chi connectivity index (χ0) is 7.84. The average Bonchev–Trinajstić information content (AvgIpc) is 2.33. The molecule has 0 aliphatic carbocycles. The molecule has 0 saturated heterocycles. The van der Waals surface area contributed by atoms with Gasteiger partial charge in [0, 0.05) is 0 Å². The number of aromatic nitrogens is 4. The van der Waals surface area contributed by atoms with E-state index in [4.69, 9.17) is 11.6 Å². The van der Waals surface area contributed by atoms with E-state index in [9.17, 15) is 0 Å². The first-order chi connectivity index (χ1) is 5.27. The summed E-state index contributed by atoms with van der Waals surface area (Å²) in [7, 11) is 0. The quantitative estimate of drug-likeness (QED) is 0.706. The van der Waals surface area contributed by atoms with Crippen LogP contribution in [0.4, 0.5) is 0 Å². The summed E-state index contributed by atoms with van der Waals surface area (Å²) in [5, 5.41) is 6.82. The highest BCUT2D eigenvalue weighted by Gasteiger charge is 2.04. The Bertz CT molecular complexity index is 398. The normalized spacial score (nSPS) is 10.7. The molecule has 56 valence electrons. The van der Waals surface area contributed by atoms with Gasteiger partial charge in [0.15, 0.2) is 4.60 Å². The smallest absolute Gasteiger partial charge is 0.223 e. The molecule has 0 bridgehead atoms. The second-order valence-electron chi connectivity index (χ2n) is 1.92. The van der Waals surface area contributed by atoms with Crippen molar-refractivity contribution in [3.63, 3.8) is 0 Å². The summed E-state index contributed by atoms with van der Waals surface area (Å²) in [4.78, 5) is 7.73. The van der Waals surface area contributed by atoms with Crippen LogP contribution in [0.15, 0.2) is 10.8 Å². The molecule has 6 heteroatoms. The van der Waals surface area contributed by atoms with Crippen LogP contribution in [0, 0.1) is 0 Å². The molecule has 2 aromatic heterocycles. The zero-order valence-electron chi connectivity index (χ0n) is 5.17. The molecule has 0 spiro atoms. The third-order valence-corrected chi connectivity index (χ3v) is 1.96. The van der Waals surface area contributed by atoms with Crippen LogP contribution in [0.25, 0.3) is 11.0 Å². The van der Waals surface area contributed by atoms with Crippen molar-refractivity contribution in [3.05, 3.63) is 16.1 Å². The van der Waals surface area contributed by atoms with Crippen molar-refractivity contribution in [3.8, 4) is 0 Å². The largest absolute Gasteiger partial charge is 0.273 e. The highest BCUT2D eigenvalue weighted by molar-refractivity contribution is 9.10. The molecule has 11 heavy (non-hydrogen) atoms. The predicted molar refractivity (Wildman–Crippen MR) is 44.4 cm³/mol. The highest BCUT2D eigenvalue weighted by atomic mass is 79.9. The summed E-state index contributed by atoms with van der Waals surface area (Å²) < 4.78 is 0.650. The lowest BCUT2D eigenvalue weighted by Crippen LogP contribution is -1.80. The van der Waals surface area contributed by atoms with Gasteiger partial charge in [-0.25, -0.2) is 9.97 Å². The number of rotatable bonds is 0. The van der Waals surface area contributed by atoms with Crippen LogP contribution < -0.4 is 0 Å². The number of aromatic amines is 1. The Kier molecular flexibility index (Phi) is 1.54. The van der Waals surface area contributed by atoms with Gasteiger partial charge in [0.1, 0.15) is 11.0 Å². The van der Waals surface area contributed by atoms with E-state index in [0.29, 0.717) is 10.1 Å². The van der Waals surface area contributed by atoms with Gasteiger partial charge < -0.3 is 0 Å². The maximum Gasteiger partial charge on any atom is 0.223 e. The highest BCUT2D eigenvalue weighted by Crippen LogP contribution is 2.18. The second-order valence-corrected chi connectivity index (χ2v) is 3.00. The van der Waals surface area contributed by atoms with E-state index in [-0.39, 0.29) is 5.28 Å². The number of hydrogen-bond acceptors (Lipinski definition) is 3. The lowest BCUT2D eigenvalue weighted by atomic mass is 10.5. The van der Waals surface area contributed by atoms with Crippen LogP contribution in [0.2, 0.25) is 5.28 Å². The Morgan fingerprint density at radius 2 is 2.36 bits per heavy atom. The van der Waals surface area contributed by atoms with E-state index in [0.717, 1.165) is 5.52 Å². The van der Waals surface area contributed by atoms with Gasteiger partial charge in [-0.05, 0) is 27.5 Å². The maximum atomic E-state index is 5.56. The average molecular weight is 233 g/mol. The Hall–Kier alpha value is -0.680. The molecule has 0 amide bonds. The van der Waals surface area contributed by atoms with E-state index >= 15 is 0 Å². The Morgan fingerprint density at radius 3 is 3.18 bits per heavy atom. The van der Waals surface area contributed by atoms with Gasteiger partial charge in [-0.15, -0.1) is 0 Å². The van der Waals surface area contributed by atoms with Crippen molar-refractivity contribution in [2.45, 2.75) is 0 Å². The van der Waals surface area contributed by atoms with Gasteiger partial charge in [0.05, 0.1) is 6.20 Å². The summed E-state index contributed by atoms with van der Waals surface area (Å²) in [6.07, 6.45) is 1.59. The van der Waals surface area contributed by atoms with Gasteiger partial charge >= 0.3 is 0 Å². The summed E-state index contributed by atoms with van der Waals surface area (Å²) >= 11 is 8.77. The fourth-order valence-electron chi connectivity index (χ4n) is 0.762. The van der Waals surface area contributed by atoms with Gasteiger partial charge in [-0.2, -0.15) is 5.10 Å². The molecular weight excluding hydrogens is 231 g/mol. The SMILES string of the molecule is Clc1ncc2[nH]nc(Br)c2n1. The fourth-order valence-corrected chi connectivity index (χ4v) is 1.29. The molecular formula is C5H2BrClN4. The summed E-state index contributed by atoms with van der Waals surface area (Å²) in [5.41, 5.74) is 1.46. The Morgan fingerprint density at radius 1 is 1.55 bits per heavy atom. The number of H-pyrrole nitrogens is 1. The van der Waals surface area contributed by atoms with Crippen molar-refractivity contribution < 1.29 is 0 Å². The van der Waals surface area contributed by atoms with Crippen LogP contribution >= 0.6 is 27.5 Å². The fraction of sp³-hybridized carbons (Fsp3) is 0. The molecule has 2 rings (SSSR count). The van der Waals surface area contributed by atoms with Gasteiger partial charge in [0.2, 0.25) is 5.28 Å². The van der Waals surface area contributed by atoms with Gasteiger partial charge in [-0.1, -0.05) is 0 Å². The number of fused-ring (bicyclic) bond motifs is 1. The predicted octanol–water partition coefficient (Wildman–Crippen LogP) is 1.77. The number of halogens is 2. The first-order valence-corrected chi connectivity index (χ1v) is 3.96. The maximum absolute atomic E-state index is 5.56. The van der Waals surface area contributed by atoms with E-state index < -0.39 is 0 Å². The van der Waals surface area contributed by atoms with Crippen molar-refractivity contribution in [2.24, 2.45) is 0 Å². The summed E-state index contributed by atoms with van der Waals surface area (Å²) in [6.45, 7) is 0. The second kappa shape index (κ2) is 2.42. The molecule has 0 atom stereocenters. The van der Waals surface area contributed by atoms with Crippen molar-refractivity contribution in [1.82, 2.24) is 20.2 Å². The molecule has 0 saturated carbocycles. The van der Waals surface area contributed by atoms with E-state index in [1.54, 1.807) is 6.20 Å². The molecule has 1 N–H and O–H groups in total. The number of nitrogens with zero attached hydrogens (tertiary/aromatic N) is 3. The summed E-state index contributed by atoms with van der Waals surface area (Å²) in [6, 6.07) is 0. The van der Waals surface area contributed by atoms with Gasteiger partial charge in [-0.3, -0.25) is 5.10 Å². The van der Waals surface area contributed by atoms with Gasteiger partial charge in [0.25, 0.3) is 0 Å². The first kappa shape index (κ1) is 7.00. The van der Waals surface area contributed by atoms with E-state index in [1.807, 2.05) is 0 Å². The van der Waals surface area contributed by atoms with Crippen molar-refractivity contribution in [2.75, 3.05) is 0 Å². The van der Waals surface area contributed by atoms with E-state index in [2.05, 4.69) is 36.1 Å². The number of hydrogen-bond donors (Lipinski definition) is 1. The standard InChI is InChI=1S/C5H2BrClN4/c6-4-3-2(10-11-4)1-8-5(7)9-3/h1H,(H,10,11).